The van der Waals surface area contributed by atoms with E-state index in [-0.39, 0.29) is 0 Å². The third-order valence-electron chi connectivity index (χ3n) is 1.20. The van der Waals surface area contributed by atoms with E-state index in [9.17, 15) is 4.21 Å². The predicted octanol–water partition coefficient (Wildman–Crippen LogP) is -0.378. The molecule has 0 saturated heterocycles. The molecule has 10 heavy (non-hydrogen) atoms. The second-order valence-electron chi connectivity index (χ2n) is 2.10. The smallest absolute Gasteiger partial charge is 0.170 e. The molecule has 4 nitrogen and oxygen atoms in total. The fraction of sp³-hybridized carbons (Fsp3) is 1.00. The van der Waals surface area contributed by atoms with Crippen molar-refractivity contribution in [2.75, 3.05) is 6.54 Å². The Labute approximate surface area is 63.3 Å². The van der Waals surface area contributed by atoms with Crippen LogP contribution >= 0.6 is 0 Å². The van der Waals surface area contributed by atoms with Crippen LogP contribution in [0.25, 0.3) is 0 Å². The summed E-state index contributed by atoms with van der Waals surface area (Å²) < 4.78 is 18.7. The van der Waals surface area contributed by atoms with Gasteiger partial charge in [-0.2, -0.15) is 0 Å². The van der Waals surface area contributed by atoms with E-state index in [1.807, 2.05) is 0 Å². The van der Waals surface area contributed by atoms with E-state index in [0.29, 0.717) is 13.0 Å². The highest BCUT2D eigenvalue weighted by atomic mass is 32.2. The lowest BCUT2D eigenvalue weighted by molar-refractivity contribution is 0.535. The van der Waals surface area contributed by atoms with Crippen LogP contribution < -0.4 is 11.5 Å². The van der Waals surface area contributed by atoms with Crippen molar-refractivity contribution < 1.29 is 8.76 Å². The molecule has 0 aliphatic heterocycles. The summed E-state index contributed by atoms with van der Waals surface area (Å²) in [6, 6.07) is 0. The first kappa shape index (κ1) is 10.0. The number of unbranched alkanes of at least 4 members (excludes halogenated alkanes) is 1. The summed E-state index contributed by atoms with van der Waals surface area (Å²) in [6.45, 7) is 0.616. The minimum atomic E-state index is -1.88. The molecule has 0 radical (unpaired) electrons. The normalized spacial score (nSPS) is 16.7. The van der Waals surface area contributed by atoms with Gasteiger partial charge in [0, 0.05) is 0 Å². The van der Waals surface area contributed by atoms with Crippen LogP contribution in [0.1, 0.15) is 19.3 Å². The van der Waals surface area contributed by atoms with E-state index in [2.05, 4.69) is 0 Å². The first-order chi connectivity index (χ1) is 4.68. The second-order valence-corrected chi connectivity index (χ2v) is 3.26. The highest BCUT2D eigenvalue weighted by Gasteiger charge is 2.06. The van der Waals surface area contributed by atoms with Crippen LogP contribution in [-0.2, 0) is 11.1 Å². The molecule has 0 aromatic heterocycles. The minimum Gasteiger partial charge on any atom is -0.330 e. The van der Waals surface area contributed by atoms with Gasteiger partial charge in [0.25, 0.3) is 0 Å². The molecular weight excluding hydrogens is 152 g/mol. The van der Waals surface area contributed by atoms with Crippen molar-refractivity contribution >= 4 is 11.1 Å². The summed E-state index contributed by atoms with van der Waals surface area (Å²) in [6.07, 6.45) is 2.26. The Morgan fingerprint density at radius 1 is 1.50 bits per heavy atom. The monoisotopic (exact) mass is 166 g/mol. The van der Waals surface area contributed by atoms with E-state index < -0.39 is 16.5 Å². The van der Waals surface area contributed by atoms with E-state index in [0.717, 1.165) is 12.8 Å². The molecule has 2 atom stereocenters. The van der Waals surface area contributed by atoms with Gasteiger partial charge in [-0.25, -0.2) is 4.21 Å². The van der Waals surface area contributed by atoms with Gasteiger partial charge in [0.2, 0.25) is 0 Å². The largest absolute Gasteiger partial charge is 0.330 e. The molecule has 0 aliphatic rings. The Bertz CT molecular complexity index is 110. The van der Waals surface area contributed by atoms with Crippen molar-refractivity contribution in [2.45, 2.75) is 24.6 Å². The summed E-state index contributed by atoms with van der Waals surface area (Å²) in [7, 11) is 0. The van der Waals surface area contributed by atoms with Crippen molar-refractivity contribution in [1.29, 1.82) is 0 Å². The molecule has 62 valence electrons. The Balaban J connectivity index is 3.21. The number of hydrogen-bond acceptors (Lipinski definition) is 3. The lowest BCUT2D eigenvalue weighted by atomic mass is 10.2. The van der Waals surface area contributed by atoms with Gasteiger partial charge in [0.05, 0.1) is 0 Å². The van der Waals surface area contributed by atoms with Crippen LogP contribution in [0.3, 0.4) is 0 Å². The maximum atomic E-state index is 10.2. The van der Waals surface area contributed by atoms with E-state index in [1.165, 1.54) is 0 Å². The fourth-order valence-electron chi connectivity index (χ4n) is 0.591. The van der Waals surface area contributed by atoms with Crippen molar-refractivity contribution in [3.8, 4) is 0 Å². The second kappa shape index (κ2) is 5.79. The van der Waals surface area contributed by atoms with Crippen LogP contribution in [-0.4, -0.2) is 20.7 Å². The van der Waals surface area contributed by atoms with Crippen molar-refractivity contribution in [3.05, 3.63) is 0 Å². The topological polar surface area (TPSA) is 89.3 Å². The molecule has 0 rings (SSSR count). The van der Waals surface area contributed by atoms with Gasteiger partial charge in [0.1, 0.15) is 5.37 Å². The Morgan fingerprint density at radius 3 is 2.50 bits per heavy atom. The minimum absolute atomic E-state index is 0.570. The first-order valence-corrected chi connectivity index (χ1v) is 4.40. The molecule has 0 saturated carbocycles. The van der Waals surface area contributed by atoms with Crippen LogP contribution in [0.2, 0.25) is 0 Å². The SMILES string of the molecule is NCCCCC(N)S(=O)O. The third kappa shape index (κ3) is 4.87. The summed E-state index contributed by atoms with van der Waals surface area (Å²) in [5.41, 5.74) is 10.5. The van der Waals surface area contributed by atoms with Gasteiger partial charge < -0.3 is 16.0 Å². The van der Waals surface area contributed by atoms with Crippen molar-refractivity contribution in [1.82, 2.24) is 0 Å². The van der Waals surface area contributed by atoms with Crippen LogP contribution in [0.4, 0.5) is 0 Å². The van der Waals surface area contributed by atoms with Gasteiger partial charge in [-0.1, -0.05) is 0 Å². The summed E-state index contributed by atoms with van der Waals surface area (Å²) >= 11 is -1.88. The lowest BCUT2D eigenvalue weighted by Gasteiger charge is -2.04. The number of nitrogens with two attached hydrogens (primary N) is 2. The Hall–Kier alpha value is 0.0300. The van der Waals surface area contributed by atoms with Crippen LogP contribution in [0.5, 0.6) is 0 Å². The zero-order chi connectivity index (χ0) is 7.98. The van der Waals surface area contributed by atoms with Crippen LogP contribution in [0.15, 0.2) is 0 Å². The molecule has 0 bridgehead atoms. The van der Waals surface area contributed by atoms with Gasteiger partial charge in [-0.15, -0.1) is 0 Å². The molecule has 2 unspecified atom stereocenters. The zero-order valence-electron chi connectivity index (χ0n) is 5.82. The Morgan fingerprint density at radius 2 is 2.10 bits per heavy atom. The molecule has 0 aromatic rings. The molecule has 0 aromatic carbocycles. The average Bonchev–Trinajstić information content (AvgIpc) is 1.88. The summed E-state index contributed by atoms with van der Waals surface area (Å²) in [5, 5.41) is -0.605. The zero-order valence-corrected chi connectivity index (χ0v) is 6.64. The van der Waals surface area contributed by atoms with Crippen molar-refractivity contribution in [3.63, 3.8) is 0 Å². The molecule has 0 aliphatic carbocycles. The molecule has 0 fully saturated rings. The third-order valence-corrected chi connectivity index (χ3v) is 1.96. The average molecular weight is 166 g/mol. The molecule has 0 spiro atoms. The number of hydrogen-bond donors (Lipinski definition) is 3. The molecular formula is C5H14N2O2S. The van der Waals surface area contributed by atoms with Crippen LogP contribution in [0, 0.1) is 0 Å². The predicted molar refractivity (Wildman–Crippen MR) is 41.7 cm³/mol. The number of rotatable bonds is 5. The Kier molecular flexibility index (Phi) is 5.81. The highest BCUT2D eigenvalue weighted by molar-refractivity contribution is 7.79. The van der Waals surface area contributed by atoms with Gasteiger partial charge in [-0.05, 0) is 25.8 Å². The van der Waals surface area contributed by atoms with E-state index in [1.54, 1.807) is 0 Å². The maximum absolute atomic E-state index is 10.2. The standard InChI is InChI=1S/C5H14N2O2S/c6-4-2-1-3-5(7)10(8)9/h5H,1-4,6-7H2,(H,8,9). The lowest BCUT2D eigenvalue weighted by Crippen LogP contribution is -2.25. The first-order valence-electron chi connectivity index (χ1n) is 3.23. The molecule has 5 N–H and O–H groups in total. The molecule has 0 amide bonds. The quantitative estimate of drug-likeness (QED) is 0.384. The fourth-order valence-corrected chi connectivity index (χ4v) is 0.959. The molecule has 0 heterocycles. The highest BCUT2D eigenvalue weighted by Crippen LogP contribution is 1.99. The van der Waals surface area contributed by atoms with E-state index in [4.69, 9.17) is 16.0 Å². The van der Waals surface area contributed by atoms with Gasteiger partial charge >= 0.3 is 0 Å². The summed E-state index contributed by atoms with van der Waals surface area (Å²) in [4.78, 5) is 0. The van der Waals surface area contributed by atoms with Crippen molar-refractivity contribution in [2.24, 2.45) is 11.5 Å². The van der Waals surface area contributed by atoms with E-state index >= 15 is 0 Å². The molecule has 5 heteroatoms. The van der Waals surface area contributed by atoms with Gasteiger partial charge in [0.15, 0.2) is 11.1 Å². The van der Waals surface area contributed by atoms with Gasteiger partial charge in [-0.3, -0.25) is 0 Å². The summed E-state index contributed by atoms with van der Waals surface area (Å²) in [5.74, 6) is 0. The maximum Gasteiger partial charge on any atom is 0.170 e.